The lowest BCUT2D eigenvalue weighted by atomic mass is 9.97. The molecular weight excluding hydrogens is 403 g/mol. The van der Waals surface area contributed by atoms with E-state index >= 15 is 0 Å². The van der Waals surface area contributed by atoms with E-state index in [0.29, 0.717) is 28.8 Å². The first-order valence-electron chi connectivity index (χ1n) is 9.14. The summed E-state index contributed by atoms with van der Waals surface area (Å²) in [7, 11) is 0. The molecule has 0 saturated heterocycles. The Morgan fingerprint density at radius 2 is 1.53 bits per heavy atom. The second-order valence-electron chi connectivity index (χ2n) is 6.66. The van der Waals surface area contributed by atoms with E-state index in [1.807, 2.05) is 30.3 Å². The molecule has 1 aromatic heterocycles. The van der Waals surface area contributed by atoms with Crippen molar-refractivity contribution in [3.63, 3.8) is 0 Å². The summed E-state index contributed by atoms with van der Waals surface area (Å²) in [4.78, 5) is 13.6. The van der Waals surface area contributed by atoms with E-state index in [2.05, 4.69) is 5.10 Å². The average molecular weight is 420 g/mol. The number of hydrogen-bond acceptors (Lipinski definition) is 3. The fourth-order valence-electron chi connectivity index (χ4n) is 3.22. The van der Waals surface area contributed by atoms with Crippen LogP contribution in [0.5, 0.6) is 0 Å². The van der Waals surface area contributed by atoms with E-state index in [1.54, 1.807) is 30.5 Å². The number of halogens is 1. The van der Waals surface area contributed by atoms with Crippen molar-refractivity contribution < 1.29 is 13.2 Å². The molecule has 0 radical (unpaired) electrons. The summed E-state index contributed by atoms with van der Waals surface area (Å²) in [6.07, 6.45) is 1.59. The highest BCUT2D eigenvalue weighted by molar-refractivity contribution is 7.79. The predicted octanol–water partition coefficient (Wildman–Crippen LogP) is 4.35. The third kappa shape index (κ3) is 4.12. The van der Waals surface area contributed by atoms with E-state index in [9.17, 15) is 17.9 Å². The van der Waals surface area contributed by atoms with Gasteiger partial charge in [-0.1, -0.05) is 54.6 Å². The second-order valence-corrected chi connectivity index (χ2v) is 7.63. The minimum atomic E-state index is -2.09. The van der Waals surface area contributed by atoms with Gasteiger partial charge < -0.3 is 4.55 Å². The molecule has 1 atom stereocenters. The van der Waals surface area contributed by atoms with Gasteiger partial charge >= 0.3 is 0 Å². The predicted molar refractivity (Wildman–Crippen MR) is 114 cm³/mol. The molecule has 150 valence electrons. The van der Waals surface area contributed by atoms with Crippen molar-refractivity contribution in [1.82, 2.24) is 9.78 Å². The summed E-state index contributed by atoms with van der Waals surface area (Å²) in [6, 6.07) is 21.6. The maximum Gasteiger partial charge on any atom is 0.275 e. The largest absolute Gasteiger partial charge is 0.302 e. The zero-order valence-corrected chi connectivity index (χ0v) is 16.6. The lowest BCUT2D eigenvalue weighted by Gasteiger charge is -2.13. The molecule has 30 heavy (non-hydrogen) atoms. The van der Waals surface area contributed by atoms with Gasteiger partial charge in [0.05, 0.1) is 23.2 Å². The molecule has 0 aliphatic carbocycles. The fourth-order valence-corrected chi connectivity index (χ4v) is 3.59. The van der Waals surface area contributed by atoms with Gasteiger partial charge in [0.15, 0.2) is 11.1 Å². The van der Waals surface area contributed by atoms with Crippen LogP contribution < -0.4 is 5.56 Å². The molecule has 1 heterocycles. The Bertz CT molecular complexity index is 1250. The quantitative estimate of drug-likeness (QED) is 0.488. The SMILES string of the molecule is O=c1c(-c2ccc(F)cc2)c(-c2ccc(S(=O)O)cc2)cnn1Cc1ccccc1. The molecule has 7 heteroatoms. The van der Waals surface area contributed by atoms with E-state index in [1.165, 1.54) is 28.9 Å². The molecule has 4 rings (SSSR count). The second kappa shape index (κ2) is 8.52. The minimum absolute atomic E-state index is 0.257. The van der Waals surface area contributed by atoms with Crippen LogP contribution in [0.25, 0.3) is 22.3 Å². The molecule has 0 amide bonds. The van der Waals surface area contributed by atoms with Crippen LogP contribution >= 0.6 is 0 Å². The molecular formula is C23H17FN2O3S. The van der Waals surface area contributed by atoms with Gasteiger partial charge in [-0.25, -0.2) is 13.3 Å². The van der Waals surface area contributed by atoms with Gasteiger partial charge in [-0.3, -0.25) is 4.79 Å². The van der Waals surface area contributed by atoms with Gasteiger partial charge in [0.25, 0.3) is 5.56 Å². The van der Waals surface area contributed by atoms with Gasteiger partial charge in [0.1, 0.15) is 5.82 Å². The van der Waals surface area contributed by atoms with E-state index < -0.39 is 16.9 Å². The Morgan fingerprint density at radius 1 is 0.900 bits per heavy atom. The Balaban J connectivity index is 1.87. The van der Waals surface area contributed by atoms with Gasteiger partial charge in [-0.2, -0.15) is 5.10 Å². The first-order chi connectivity index (χ1) is 14.5. The molecule has 1 unspecified atom stereocenters. The standard InChI is InChI=1S/C23H17FN2O3S/c24-19-10-6-18(7-11-19)22-21(17-8-12-20(13-9-17)30(28)29)14-25-26(23(22)27)15-16-4-2-1-3-5-16/h1-14H,15H2,(H,28,29). The summed E-state index contributed by atoms with van der Waals surface area (Å²) in [5.74, 6) is -0.395. The number of nitrogens with zero attached hydrogens (tertiary/aromatic N) is 2. The van der Waals surface area contributed by atoms with Crippen LogP contribution in [0.4, 0.5) is 4.39 Å². The number of rotatable bonds is 5. The van der Waals surface area contributed by atoms with Crippen LogP contribution in [-0.2, 0) is 17.6 Å². The number of aromatic nitrogens is 2. The van der Waals surface area contributed by atoms with Gasteiger partial charge in [-0.15, -0.1) is 0 Å². The third-order valence-electron chi connectivity index (χ3n) is 4.72. The van der Waals surface area contributed by atoms with Crippen molar-refractivity contribution in [2.75, 3.05) is 0 Å². The van der Waals surface area contributed by atoms with Crippen molar-refractivity contribution in [1.29, 1.82) is 0 Å². The Labute approximate surface area is 174 Å². The van der Waals surface area contributed by atoms with Crippen LogP contribution in [0.15, 0.2) is 94.7 Å². The van der Waals surface area contributed by atoms with Crippen molar-refractivity contribution in [3.05, 3.63) is 107 Å². The fraction of sp³-hybridized carbons (Fsp3) is 0.0435. The molecule has 0 fully saturated rings. The van der Waals surface area contributed by atoms with Gasteiger partial charge in [-0.05, 0) is 41.0 Å². The number of benzene rings is 3. The smallest absolute Gasteiger partial charge is 0.275 e. The summed E-state index contributed by atoms with van der Waals surface area (Å²) in [5, 5.41) is 4.33. The van der Waals surface area contributed by atoms with Gasteiger partial charge in [0, 0.05) is 5.56 Å². The van der Waals surface area contributed by atoms with E-state index in [0.717, 1.165) is 5.56 Å². The lowest BCUT2D eigenvalue weighted by molar-refractivity contribution is 0.564. The average Bonchev–Trinajstić information content (AvgIpc) is 2.76. The highest BCUT2D eigenvalue weighted by Gasteiger charge is 2.16. The lowest BCUT2D eigenvalue weighted by Crippen LogP contribution is -2.25. The molecule has 5 nitrogen and oxygen atoms in total. The minimum Gasteiger partial charge on any atom is -0.302 e. The summed E-state index contributed by atoms with van der Waals surface area (Å²) >= 11 is -2.09. The van der Waals surface area contributed by atoms with Gasteiger partial charge in [0.2, 0.25) is 0 Å². The summed E-state index contributed by atoms with van der Waals surface area (Å²) in [5.41, 5.74) is 2.80. The van der Waals surface area contributed by atoms with Crippen LogP contribution in [-0.4, -0.2) is 18.5 Å². The zero-order chi connectivity index (χ0) is 21.1. The molecule has 0 aliphatic rings. The molecule has 0 aliphatic heterocycles. The normalized spacial score (nSPS) is 11.9. The van der Waals surface area contributed by atoms with Crippen LogP contribution in [0.3, 0.4) is 0 Å². The maximum absolute atomic E-state index is 13.5. The summed E-state index contributed by atoms with van der Waals surface area (Å²) in [6.45, 7) is 0.302. The van der Waals surface area contributed by atoms with Crippen molar-refractivity contribution in [3.8, 4) is 22.3 Å². The topological polar surface area (TPSA) is 72.2 Å². The molecule has 0 bridgehead atoms. The monoisotopic (exact) mass is 420 g/mol. The number of hydrogen-bond donors (Lipinski definition) is 1. The van der Waals surface area contributed by atoms with Crippen molar-refractivity contribution in [2.24, 2.45) is 0 Å². The van der Waals surface area contributed by atoms with Crippen LogP contribution in [0.1, 0.15) is 5.56 Å². The molecule has 3 aromatic carbocycles. The summed E-state index contributed by atoms with van der Waals surface area (Å²) < 4.78 is 35.3. The zero-order valence-electron chi connectivity index (χ0n) is 15.7. The van der Waals surface area contributed by atoms with Crippen molar-refractivity contribution in [2.45, 2.75) is 11.4 Å². The van der Waals surface area contributed by atoms with E-state index in [-0.39, 0.29) is 10.5 Å². The first-order valence-corrected chi connectivity index (χ1v) is 10.2. The Kier molecular flexibility index (Phi) is 5.65. The molecule has 1 N–H and O–H groups in total. The Hall–Kier alpha value is -3.42. The molecule has 4 aromatic rings. The third-order valence-corrected chi connectivity index (χ3v) is 5.39. The van der Waals surface area contributed by atoms with E-state index in [4.69, 9.17) is 0 Å². The first kappa shape index (κ1) is 19.9. The highest BCUT2D eigenvalue weighted by atomic mass is 32.2. The Morgan fingerprint density at radius 3 is 2.17 bits per heavy atom. The molecule has 0 saturated carbocycles. The van der Waals surface area contributed by atoms with Crippen LogP contribution in [0.2, 0.25) is 0 Å². The molecule has 0 spiro atoms. The van der Waals surface area contributed by atoms with Crippen molar-refractivity contribution >= 4 is 11.1 Å². The van der Waals surface area contributed by atoms with Crippen LogP contribution in [0, 0.1) is 5.82 Å². The maximum atomic E-state index is 13.5. The highest BCUT2D eigenvalue weighted by Crippen LogP contribution is 2.29.